The Balaban J connectivity index is 1.78. The van der Waals surface area contributed by atoms with Gasteiger partial charge in [-0.1, -0.05) is 35.3 Å². The van der Waals surface area contributed by atoms with Crippen molar-refractivity contribution >= 4 is 57.6 Å². The van der Waals surface area contributed by atoms with Gasteiger partial charge in [0.1, 0.15) is 22.3 Å². The number of H-pyrrole nitrogens is 1. The second-order valence-corrected chi connectivity index (χ2v) is 9.46. The predicted octanol–water partition coefficient (Wildman–Crippen LogP) is 5.53. The molecule has 3 aromatic carbocycles. The van der Waals surface area contributed by atoms with Crippen molar-refractivity contribution < 1.29 is 33.6 Å². The Morgan fingerprint density at radius 1 is 0.925 bits per heavy atom. The van der Waals surface area contributed by atoms with E-state index in [1.54, 1.807) is 42.5 Å². The fraction of sp³-hybridized carbons (Fsp3) is 0.179. The number of amides is 1. The Hall–Kier alpha value is -4.41. The molecule has 40 heavy (non-hydrogen) atoms. The number of hydrogen-bond acceptors (Lipinski definition) is 8. The Bertz CT molecular complexity index is 1700. The number of nitrogens with one attached hydrogen (secondary N) is 1. The van der Waals surface area contributed by atoms with Crippen LogP contribution in [0.5, 0.6) is 23.0 Å². The molecule has 12 heteroatoms. The quantitative estimate of drug-likeness (QED) is 0.165. The van der Waals surface area contributed by atoms with E-state index in [1.807, 2.05) is 0 Å². The minimum absolute atomic E-state index is 0.00135. The highest BCUT2D eigenvalue weighted by Crippen LogP contribution is 2.48. The number of methoxy groups -OCH3 is 4. The van der Waals surface area contributed by atoms with Crippen molar-refractivity contribution in [1.29, 1.82) is 0 Å². The van der Waals surface area contributed by atoms with Crippen molar-refractivity contribution in [2.45, 2.75) is 6.04 Å². The maximum absolute atomic E-state index is 13.6. The number of benzene rings is 3. The lowest BCUT2D eigenvalue weighted by Gasteiger charge is -2.23. The van der Waals surface area contributed by atoms with Crippen molar-refractivity contribution in [3.8, 4) is 23.0 Å². The van der Waals surface area contributed by atoms with E-state index in [-0.39, 0.29) is 38.6 Å². The van der Waals surface area contributed by atoms with E-state index in [9.17, 15) is 14.7 Å². The molecule has 1 amide bonds. The number of anilines is 1. The molecule has 1 aliphatic heterocycles. The molecule has 1 aliphatic rings. The lowest BCUT2D eigenvalue weighted by molar-refractivity contribution is -0.132. The van der Waals surface area contributed by atoms with E-state index < -0.39 is 23.5 Å². The first-order valence-electron chi connectivity index (χ1n) is 11.8. The average Bonchev–Trinajstić information content (AvgIpc) is 3.49. The molecule has 1 atom stereocenters. The highest BCUT2D eigenvalue weighted by molar-refractivity contribution is 6.51. The smallest absolute Gasteiger partial charge is 0.302 e. The molecular weight excluding hydrogens is 561 g/mol. The number of rotatable bonds is 7. The molecular formula is C28H23Cl2N3O7. The van der Waals surface area contributed by atoms with Crippen molar-refractivity contribution in [2.24, 2.45) is 0 Å². The molecule has 0 bridgehead atoms. The maximum atomic E-state index is 13.6. The normalized spacial score (nSPS) is 16.4. The lowest BCUT2D eigenvalue weighted by Crippen LogP contribution is -2.30. The molecule has 2 heterocycles. The van der Waals surface area contributed by atoms with Gasteiger partial charge in [-0.15, -0.1) is 0 Å². The summed E-state index contributed by atoms with van der Waals surface area (Å²) in [7, 11) is 5.75. The fourth-order valence-electron chi connectivity index (χ4n) is 4.69. The summed E-state index contributed by atoms with van der Waals surface area (Å²) in [5.41, 5.74) is 1.36. The minimum atomic E-state index is -1.11. The zero-order valence-electron chi connectivity index (χ0n) is 21.7. The first kappa shape index (κ1) is 27.2. The van der Waals surface area contributed by atoms with Gasteiger partial charge in [-0.05, 0) is 35.9 Å². The van der Waals surface area contributed by atoms with Crippen molar-refractivity contribution in [2.75, 3.05) is 33.3 Å². The van der Waals surface area contributed by atoms with Crippen LogP contribution < -0.4 is 23.8 Å². The van der Waals surface area contributed by atoms with E-state index in [1.165, 1.54) is 39.4 Å². The third-order valence-electron chi connectivity index (χ3n) is 6.55. The molecule has 4 aromatic rings. The number of aliphatic hydroxyl groups excluding tert-OH is 1. The molecule has 2 N–H and O–H groups in total. The molecule has 0 aliphatic carbocycles. The zero-order chi connectivity index (χ0) is 28.7. The number of carbonyl (C=O) groups is 2. The number of aromatic nitrogens is 2. The number of carbonyl (C=O) groups excluding carboxylic acids is 2. The van der Waals surface area contributed by atoms with Crippen molar-refractivity contribution in [1.82, 2.24) is 9.97 Å². The number of ether oxygens (including phenoxy) is 4. The first-order chi connectivity index (χ1) is 19.2. The van der Waals surface area contributed by atoms with Crippen LogP contribution in [-0.2, 0) is 9.59 Å². The van der Waals surface area contributed by atoms with Gasteiger partial charge < -0.3 is 29.0 Å². The van der Waals surface area contributed by atoms with Gasteiger partial charge in [-0.25, -0.2) is 4.98 Å². The highest BCUT2D eigenvalue weighted by Gasteiger charge is 2.48. The van der Waals surface area contributed by atoms with E-state index in [0.29, 0.717) is 28.1 Å². The summed E-state index contributed by atoms with van der Waals surface area (Å²) in [6, 6.07) is 12.2. The summed E-state index contributed by atoms with van der Waals surface area (Å²) in [5.74, 6) is -1.13. The number of aliphatic hydroxyl groups is 1. The summed E-state index contributed by atoms with van der Waals surface area (Å²) in [4.78, 5) is 36.0. The van der Waals surface area contributed by atoms with Crippen LogP contribution in [0.25, 0.3) is 16.8 Å². The first-order valence-corrected chi connectivity index (χ1v) is 12.6. The van der Waals surface area contributed by atoms with Crippen LogP contribution in [0.1, 0.15) is 17.2 Å². The number of Topliss-reactive ketones (excluding diaryl/α,β-unsaturated/α-hetero) is 1. The maximum Gasteiger partial charge on any atom is 0.302 e. The van der Waals surface area contributed by atoms with E-state index >= 15 is 0 Å². The number of imidazole rings is 1. The summed E-state index contributed by atoms with van der Waals surface area (Å²) in [6.07, 6.45) is 0. The van der Waals surface area contributed by atoms with Crippen molar-refractivity contribution in [3.63, 3.8) is 0 Å². The average molecular weight is 584 g/mol. The number of hydrogen-bond donors (Lipinski definition) is 2. The molecule has 0 radical (unpaired) electrons. The summed E-state index contributed by atoms with van der Waals surface area (Å²) < 4.78 is 21.4. The van der Waals surface area contributed by atoms with E-state index in [0.717, 1.165) is 0 Å². The Morgan fingerprint density at radius 3 is 2.30 bits per heavy atom. The predicted molar refractivity (Wildman–Crippen MR) is 150 cm³/mol. The van der Waals surface area contributed by atoms with E-state index in [2.05, 4.69) is 9.97 Å². The van der Waals surface area contributed by atoms with Gasteiger partial charge in [-0.2, -0.15) is 0 Å². The Kier molecular flexibility index (Phi) is 7.22. The SMILES string of the molecule is COc1cccc(C2/C(=C(\O)c3cc(Cl)c(OC)c(Cl)c3OC)C(=O)C(=O)N2c2nc3ccc(OC)cc3[nH]2)c1. The van der Waals surface area contributed by atoms with Gasteiger partial charge in [0, 0.05) is 6.07 Å². The standard InChI is InChI=1S/C28H23Cl2N3O7/c1-37-14-7-5-6-13(10-14)22-20(23(34)16-12-17(29)26(40-4)21(30)25(16)39-3)24(35)27(36)33(22)28-31-18-9-8-15(38-2)11-19(18)32-28/h5-12,22,34H,1-4H3,(H,31,32)/b23-20+. The van der Waals surface area contributed by atoms with Crippen LogP contribution in [0, 0.1) is 0 Å². The molecule has 1 fully saturated rings. The molecule has 1 aromatic heterocycles. The second-order valence-electron chi connectivity index (χ2n) is 8.68. The molecule has 1 unspecified atom stereocenters. The van der Waals surface area contributed by atoms with Gasteiger partial charge in [-0.3, -0.25) is 14.5 Å². The van der Waals surface area contributed by atoms with Crippen LogP contribution in [0.15, 0.2) is 54.1 Å². The van der Waals surface area contributed by atoms with Gasteiger partial charge in [0.15, 0.2) is 11.5 Å². The van der Waals surface area contributed by atoms with Crippen LogP contribution in [0.2, 0.25) is 10.0 Å². The Labute approximate surface area is 238 Å². The van der Waals surface area contributed by atoms with Crippen molar-refractivity contribution in [3.05, 3.63) is 75.3 Å². The van der Waals surface area contributed by atoms with Gasteiger partial charge in [0.25, 0.3) is 5.78 Å². The van der Waals surface area contributed by atoms with Crippen LogP contribution in [0.3, 0.4) is 0 Å². The number of nitrogens with zero attached hydrogens (tertiary/aromatic N) is 2. The molecule has 10 nitrogen and oxygen atoms in total. The lowest BCUT2D eigenvalue weighted by atomic mass is 9.95. The minimum Gasteiger partial charge on any atom is -0.507 e. The molecule has 0 spiro atoms. The van der Waals surface area contributed by atoms with Gasteiger partial charge in [0.2, 0.25) is 5.95 Å². The molecule has 0 saturated carbocycles. The number of aromatic amines is 1. The van der Waals surface area contributed by atoms with Gasteiger partial charge >= 0.3 is 5.91 Å². The number of halogens is 2. The molecule has 1 saturated heterocycles. The van der Waals surface area contributed by atoms with Crippen LogP contribution in [0.4, 0.5) is 5.95 Å². The highest BCUT2D eigenvalue weighted by atomic mass is 35.5. The summed E-state index contributed by atoms with van der Waals surface area (Å²) >= 11 is 12.8. The Morgan fingerprint density at radius 2 is 1.62 bits per heavy atom. The van der Waals surface area contributed by atoms with Gasteiger partial charge in [0.05, 0.1) is 61.7 Å². The van der Waals surface area contributed by atoms with E-state index in [4.69, 9.17) is 42.1 Å². The summed E-state index contributed by atoms with van der Waals surface area (Å²) in [5, 5.41) is 11.7. The second kappa shape index (κ2) is 10.6. The number of ketones is 1. The summed E-state index contributed by atoms with van der Waals surface area (Å²) in [6.45, 7) is 0. The largest absolute Gasteiger partial charge is 0.507 e. The third-order valence-corrected chi connectivity index (χ3v) is 7.18. The molecule has 206 valence electrons. The topological polar surface area (TPSA) is 123 Å². The molecule has 5 rings (SSSR count). The van der Waals surface area contributed by atoms with Crippen LogP contribution >= 0.6 is 23.2 Å². The van der Waals surface area contributed by atoms with Crippen LogP contribution in [-0.4, -0.2) is 55.2 Å². The third kappa shape index (κ3) is 4.35. The fourth-order valence-corrected chi connectivity index (χ4v) is 5.37. The monoisotopic (exact) mass is 583 g/mol. The number of fused-ring (bicyclic) bond motifs is 1. The zero-order valence-corrected chi connectivity index (χ0v) is 23.3.